The molecule has 11 heteroatoms. The third-order valence-electron chi connectivity index (χ3n) is 4.39. The van der Waals surface area contributed by atoms with Crippen LogP contribution in [0.15, 0.2) is 21.6 Å². The van der Waals surface area contributed by atoms with Crippen molar-refractivity contribution in [1.29, 1.82) is 5.26 Å². The van der Waals surface area contributed by atoms with E-state index in [1.165, 1.54) is 11.8 Å². The Morgan fingerprint density at radius 1 is 1.31 bits per heavy atom. The summed E-state index contributed by atoms with van der Waals surface area (Å²) in [6.07, 6.45) is -0.333. The number of carbonyl (C=O) groups is 1. The maximum atomic E-state index is 12.2. The number of sulfone groups is 1. The second-order valence-electron chi connectivity index (χ2n) is 6.41. The van der Waals surface area contributed by atoms with Crippen molar-refractivity contribution < 1.29 is 22.7 Å². The summed E-state index contributed by atoms with van der Waals surface area (Å²) in [4.78, 5) is 17.8. The predicted molar refractivity (Wildman–Crippen MR) is 115 cm³/mol. The number of carbonyl (C=O) groups excluding carboxylic acids is 1. The molecule has 1 amide bonds. The van der Waals surface area contributed by atoms with Gasteiger partial charge in [0.05, 0.1) is 42.5 Å². The third-order valence-corrected chi connectivity index (χ3v) is 8.23. The van der Waals surface area contributed by atoms with Crippen LogP contribution >= 0.6 is 27.7 Å². The molecule has 0 unspecified atom stereocenters. The number of benzene rings is 1. The van der Waals surface area contributed by atoms with Crippen LogP contribution in [0.25, 0.3) is 0 Å². The van der Waals surface area contributed by atoms with Gasteiger partial charge in [0.25, 0.3) is 5.91 Å². The zero-order chi connectivity index (χ0) is 21.2. The van der Waals surface area contributed by atoms with Gasteiger partial charge in [-0.15, -0.1) is 0 Å². The molecule has 2 fully saturated rings. The van der Waals surface area contributed by atoms with Crippen LogP contribution < -0.4 is 14.4 Å². The molecule has 3 rings (SSSR count). The van der Waals surface area contributed by atoms with E-state index in [9.17, 15) is 13.2 Å². The molecule has 0 aliphatic carbocycles. The first-order valence-corrected chi connectivity index (χ1v) is 12.5. The fourth-order valence-corrected chi connectivity index (χ4v) is 7.74. The van der Waals surface area contributed by atoms with Gasteiger partial charge in [-0.3, -0.25) is 4.79 Å². The second kappa shape index (κ2) is 8.93. The van der Waals surface area contributed by atoms with Crippen LogP contribution in [0.4, 0.5) is 5.69 Å². The molecular formula is C18H20BrN3O5S2. The molecule has 2 atom stereocenters. The topological polar surface area (TPSA) is 109 Å². The van der Waals surface area contributed by atoms with Gasteiger partial charge < -0.3 is 14.4 Å². The van der Waals surface area contributed by atoms with E-state index in [1.54, 1.807) is 23.1 Å². The monoisotopic (exact) mass is 501 g/mol. The van der Waals surface area contributed by atoms with Crippen LogP contribution in [0.2, 0.25) is 0 Å². The fraction of sp³-hybridized carbons (Fsp3) is 0.500. The number of nitrogens with zero attached hydrogens (tertiary/aromatic N) is 3. The van der Waals surface area contributed by atoms with Crippen LogP contribution in [0.3, 0.4) is 0 Å². The highest BCUT2D eigenvalue weighted by atomic mass is 79.9. The molecule has 1 aromatic carbocycles. The van der Waals surface area contributed by atoms with E-state index in [-0.39, 0.29) is 29.2 Å². The Bertz CT molecular complexity index is 990. The molecule has 0 bridgehead atoms. The Hall–Kier alpha value is -1.77. The van der Waals surface area contributed by atoms with Crippen molar-refractivity contribution in [2.75, 3.05) is 29.6 Å². The molecule has 0 N–H and O–H groups in total. The van der Waals surface area contributed by atoms with Crippen molar-refractivity contribution in [1.82, 2.24) is 0 Å². The van der Waals surface area contributed by atoms with E-state index in [0.717, 1.165) is 0 Å². The fourth-order valence-electron chi connectivity index (χ4n) is 3.31. The lowest BCUT2D eigenvalue weighted by Gasteiger charge is -2.26. The zero-order valence-electron chi connectivity index (χ0n) is 15.9. The number of fused-ring (bicyclic) bond motifs is 1. The molecule has 2 aliphatic heterocycles. The lowest BCUT2D eigenvalue weighted by atomic mass is 10.2. The molecule has 8 nitrogen and oxygen atoms in total. The van der Waals surface area contributed by atoms with Crippen molar-refractivity contribution in [3.63, 3.8) is 0 Å². The number of anilines is 1. The van der Waals surface area contributed by atoms with Crippen LogP contribution in [-0.2, 0) is 14.6 Å². The first-order valence-electron chi connectivity index (χ1n) is 9.03. The van der Waals surface area contributed by atoms with E-state index >= 15 is 0 Å². The summed E-state index contributed by atoms with van der Waals surface area (Å²) in [7, 11) is -3.18. The van der Waals surface area contributed by atoms with Crippen LogP contribution in [0.1, 0.15) is 20.3 Å². The van der Waals surface area contributed by atoms with Gasteiger partial charge in [-0.2, -0.15) is 10.3 Å². The SMILES string of the molecule is CCOc1cc(Br)c(N2C(=NC(=O)CC#N)S[C@H]3CS(=O)(=O)C[C@H]32)cc1OCC. The van der Waals surface area contributed by atoms with Gasteiger partial charge in [-0.25, -0.2) is 8.42 Å². The Balaban J connectivity index is 2.09. The van der Waals surface area contributed by atoms with Crippen LogP contribution in [0, 0.1) is 11.3 Å². The van der Waals surface area contributed by atoms with E-state index < -0.39 is 15.7 Å². The van der Waals surface area contributed by atoms with E-state index in [2.05, 4.69) is 20.9 Å². The number of hydrogen-bond acceptors (Lipinski definition) is 7. The van der Waals surface area contributed by atoms with Gasteiger partial charge >= 0.3 is 0 Å². The lowest BCUT2D eigenvalue weighted by Crippen LogP contribution is -2.38. The van der Waals surface area contributed by atoms with E-state index in [0.29, 0.717) is 40.0 Å². The summed E-state index contributed by atoms with van der Waals surface area (Å²) in [5.41, 5.74) is 0.637. The van der Waals surface area contributed by atoms with Gasteiger partial charge in [0.15, 0.2) is 26.5 Å². The van der Waals surface area contributed by atoms with Gasteiger partial charge in [-0.05, 0) is 29.8 Å². The number of nitriles is 1. The van der Waals surface area contributed by atoms with Gasteiger partial charge in [0, 0.05) is 21.9 Å². The lowest BCUT2D eigenvalue weighted by molar-refractivity contribution is -0.116. The number of halogens is 1. The second-order valence-corrected chi connectivity index (χ2v) is 10.6. The number of aliphatic imine (C=N–C) groups is 1. The third kappa shape index (κ3) is 4.70. The minimum atomic E-state index is -3.18. The number of thioether (sulfide) groups is 1. The number of ether oxygens (including phenoxy) is 2. The van der Waals surface area contributed by atoms with Gasteiger partial charge in [0.2, 0.25) is 0 Å². The van der Waals surface area contributed by atoms with Gasteiger partial charge in [0.1, 0.15) is 6.42 Å². The molecule has 156 valence electrons. The summed E-state index contributed by atoms with van der Waals surface area (Å²) < 4.78 is 36.4. The largest absolute Gasteiger partial charge is 0.490 e. The molecule has 2 aliphatic rings. The van der Waals surface area contributed by atoms with E-state index in [4.69, 9.17) is 14.7 Å². The van der Waals surface area contributed by atoms with Gasteiger partial charge in [-0.1, -0.05) is 11.8 Å². The first-order chi connectivity index (χ1) is 13.8. The molecule has 0 spiro atoms. The summed E-state index contributed by atoms with van der Waals surface area (Å²) in [5, 5.41) is 8.92. The molecule has 0 saturated carbocycles. The molecule has 0 radical (unpaired) electrons. The predicted octanol–water partition coefficient (Wildman–Crippen LogP) is 2.76. The smallest absolute Gasteiger partial charge is 0.262 e. The van der Waals surface area contributed by atoms with Crippen molar-refractivity contribution in [3.05, 3.63) is 16.6 Å². The van der Waals surface area contributed by atoms with Crippen molar-refractivity contribution >= 4 is 54.3 Å². The standard InChI is InChI=1S/C18H20BrN3O5S2/c1-3-26-14-7-11(19)12(8-15(14)27-4-2)22-13-9-29(24,25)10-16(13)28-18(22)21-17(23)5-6-20/h7-8,13,16H,3-5,9-10H2,1-2H3/t13-,16+/m1/s1. The average Bonchev–Trinajstić information content (AvgIpc) is 3.09. The normalized spacial score (nSPS) is 23.7. The van der Waals surface area contributed by atoms with Crippen molar-refractivity contribution in [2.24, 2.45) is 4.99 Å². The number of rotatable bonds is 6. The minimum Gasteiger partial charge on any atom is -0.490 e. The van der Waals surface area contributed by atoms with Crippen LogP contribution in [0.5, 0.6) is 11.5 Å². The van der Waals surface area contributed by atoms with Crippen LogP contribution in [-0.4, -0.2) is 55.5 Å². The Kier molecular flexibility index (Phi) is 6.76. The summed E-state index contributed by atoms with van der Waals surface area (Å²) in [6, 6.07) is 4.96. The Morgan fingerprint density at radius 3 is 2.59 bits per heavy atom. The molecule has 0 aromatic heterocycles. The highest BCUT2D eigenvalue weighted by Gasteiger charge is 2.50. The molecule has 2 saturated heterocycles. The number of hydrogen-bond donors (Lipinski definition) is 0. The molecule has 1 aromatic rings. The summed E-state index contributed by atoms with van der Waals surface area (Å²) in [5.74, 6) is 0.516. The molecular weight excluding hydrogens is 482 g/mol. The quantitative estimate of drug-likeness (QED) is 0.584. The first kappa shape index (κ1) is 21.9. The number of amidine groups is 1. The Labute approximate surface area is 182 Å². The average molecular weight is 502 g/mol. The minimum absolute atomic E-state index is 0.0251. The van der Waals surface area contributed by atoms with Crippen molar-refractivity contribution in [2.45, 2.75) is 31.6 Å². The number of amides is 1. The molecule has 29 heavy (non-hydrogen) atoms. The maximum absolute atomic E-state index is 12.2. The summed E-state index contributed by atoms with van der Waals surface area (Å²) >= 11 is 4.79. The Morgan fingerprint density at radius 2 is 1.97 bits per heavy atom. The highest BCUT2D eigenvalue weighted by molar-refractivity contribution is 9.10. The highest BCUT2D eigenvalue weighted by Crippen LogP contribution is 2.46. The van der Waals surface area contributed by atoms with E-state index in [1.807, 2.05) is 13.8 Å². The van der Waals surface area contributed by atoms with Crippen molar-refractivity contribution in [3.8, 4) is 17.6 Å². The molecule has 2 heterocycles. The maximum Gasteiger partial charge on any atom is 0.262 e. The summed E-state index contributed by atoms with van der Waals surface area (Å²) in [6.45, 7) is 4.62. The zero-order valence-corrected chi connectivity index (χ0v) is 19.1.